The molecule has 0 fully saturated rings. The van der Waals surface area contributed by atoms with Gasteiger partial charge in [-0.1, -0.05) is 0 Å². The third kappa shape index (κ3) is 2.74. The fourth-order valence-electron chi connectivity index (χ4n) is 2.05. The molecule has 2 aromatic rings. The van der Waals surface area contributed by atoms with Crippen LogP contribution in [0.25, 0.3) is 5.69 Å². The molecule has 0 bridgehead atoms. The zero-order valence-corrected chi connectivity index (χ0v) is 11.9. The lowest BCUT2D eigenvalue weighted by molar-refractivity contribution is 0.0695. The zero-order valence-electron chi connectivity index (χ0n) is 11.9. The van der Waals surface area contributed by atoms with E-state index in [9.17, 15) is 9.59 Å². The summed E-state index contributed by atoms with van der Waals surface area (Å²) in [6, 6.07) is 6.47. The molecule has 1 heterocycles. The van der Waals surface area contributed by atoms with Crippen molar-refractivity contribution in [3.05, 3.63) is 51.9 Å². The number of carboxylic acids is 1. The maximum Gasteiger partial charge on any atom is 0.341 e. The first-order valence-corrected chi connectivity index (χ1v) is 6.17. The van der Waals surface area contributed by atoms with Crippen LogP contribution in [-0.2, 0) is 0 Å². The lowest BCUT2D eigenvalue weighted by atomic mass is 10.2. The molecule has 0 unspecified atom stereocenters. The van der Waals surface area contributed by atoms with Gasteiger partial charge in [-0.15, -0.1) is 0 Å². The van der Waals surface area contributed by atoms with Crippen LogP contribution in [0.3, 0.4) is 0 Å². The number of ether oxygens (including phenoxy) is 2. The summed E-state index contributed by atoms with van der Waals surface area (Å²) >= 11 is 0. The largest absolute Gasteiger partial charge is 0.493 e. The van der Waals surface area contributed by atoms with Crippen LogP contribution in [0, 0.1) is 6.92 Å². The second-order valence-corrected chi connectivity index (χ2v) is 4.41. The van der Waals surface area contributed by atoms with Crippen LogP contribution in [0.5, 0.6) is 11.5 Å². The van der Waals surface area contributed by atoms with E-state index in [4.69, 9.17) is 14.6 Å². The molecule has 21 heavy (non-hydrogen) atoms. The standard InChI is InChI=1S/C15H15NO5/c1-9-6-12(17)11(15(18)19)8-16(9)10-4-5-13(20-2)14(7-10)21-3/h4-8H,1-3H3,(H,18,19). The Bertz CT molecular complexity index is 748. The molecule has 0 aliphatic heterocycles. The summed E-state index contributed by atoms with van der Waals surface area (Å²) in [6.45, 7) is 1.73. The maximum atomic E-state index is 11.6. The number of aryl methyl sites for hydroxylation is 1. The minimum absolute atomic E-state index is 0.282. The average Bonchev–Trinajstić information content (AvgIpc) is 2.46. The van der Waals surface area contributed by atoms with E-state index in [1.54, 1.807) is 29.7 Å². The molecule has 0 saturated carbocycles. The molecule has 0 radical (unpaired) electrons. The third-order valence-corrected chi connectivity index (χ3v) is 3.12. The number of carbonyl (C=O) groups is 1. The molecule has 6 heteroatoms. The molecule has 0 spiro atoms. The first-order chi connectivity index (χ1) is 9.97. The molecule has 1 aromatic carbocycles. The summed E-state index contributed by atoms with van der Waals surface area (Å²) in [4.78, 5) is 22.7. The summed E-state index contributed by atoms with van der Waals surface area (Å²) < 4.78 is 12.0. The van der Waals surface area contributed by atoms with Crippen molar-refractivity contribution in [1.29, 1.82) is 0 Å². The molecule has 110 valence electrons. The van der Waals surface area contributed by atoms with Crippen molar-refractivity contribution in [2.45, 2.75) is 6.92 Å². The number of aromatic carboxylic acids is 1. The number of rotatable bonds is 4. The van der Waals surface area contributed by atoms with Crippen molar-refractivity contribution in [1.82, 2.24) is 4.57 Å². The van der Waals surface area contributed by atoms with E-state index in [1.807, 2.05) is 0 Å². The van der Waals surface area contributed by atoms with Crippen LogP contribution in [0.2, 0.25) is 0 Å². The van der Waals surface area contributed by atoms with Gasteiger partial charge in [-0.3, -0.25) is 4.79 Å². The Morgan fingerprint density at radius 2 is 1.81 bits per heavy atom. The van der Waals surface area contributed by atoms with Gasteiger partial charge in [-0.05, 0) is 19.1 Å². The lowest BCUT2D eigenvalue weighted by Crippen LogP contribution is -2.18. The summed E-state index contributed by atoms with van der Waals surface area (Å²) in [5, 5.41) is 9.05. The molecule has 0 aliphatic rings. The first kappa shape index (κ1) is 14.6. The Kier molecular flexibility index (Phi) is 3.98. The predicted molar refractivity (Wildman–Crippen MR) is 76.8 cm³/mol. The normalized spacial score (nSPS) is 10.2. The Morgan fingerprint density at radius 1 is 1.14 bits per heavy atom. The highest BCUT2D eigenvalue weighted by molar-refractivity contribution is 5.87. The smallest absolute Gasteiger partial charge is 0.341 e. The van der Waals surface area contributed by atoms with E-state index in [1.165, 1.54) is 26.5 Å². The summed E-state index contributed by atoms with van der Waals surface area (Å²) in [5.74, 6) is -0.169. The van der Waals surface area contributed by atoms with Crippen LogP contribution in [0.4, 0.5) is 0 Å². The van der Waals surface area contributed by atoms with E-state index in [0.29, 0.717) is 22.9 Å². The number of carboxylic acid groups (broad SMARTS) is 1. The fourth-order valence-corrected chi connectivity index (χ4v) is 2.05. The predicted octanol–water partition coefficient (Wildman–Crippen LogP) is 1.86. The van der Waals surface area contributed by atoms with E-state index < -0.39 is 11.4 Å². The van der Waals surface area contributed by atoms with E-state index >= 15 is 0 Å². The van der Waals surface area contributed by atoms with E-state index in [-0.39, 0.29) is 5.56 Å². The van der Waals surface area contributed by atoms with Crippen LogP contribution in [-0.4, -0.2) is 29.9 Å². The number of methoxy groups -OCH3 is 2. The molecular weight excluding hydrogens is 274 g/mol. The quantitative estimate of drug-likeness (QED) is 0.929. The summed E-state index contributed by atoms with van der Waals surface area (Å²) in [5.41, 5.74) is 0.497. The van der Waals surface area contributed by atoms with Crippen LogP contribution >= 0.6 is 0 Å². The Balaban J connectivity index is 2.64. The number of nitrogens with zero attached hydrogens (tertiary/aromatic N) is 1. The van der Waals surface area contributed by atoms with Gasteiger partial charge in [0, 0.05) is 29.7 Å². The van der Waals surface area contributed by atoms with Gasteiger partial charge >= 0.3 is 5.97 Å². The molecular formula is C15H15NO5. The van der Waals surface area contributed by atoms with Crippen molar-refractivity contribution >= 4 is 5.97 Å². The molecule has 6 nitrogen and oxygen atoms in total. The minimum atomic E-state index is -1.26. The van der Waals surface area contributed by atoms with Crippen molar-refractivity contribution in [2.75, 3.05) is 14.2 Å². The van der Waals surface area contributed by atoms with E-state index in [0.717, 1.165) is 0 Å². The monoisotopic (exact) mass is 289 g/mol. The SMILES string of the molecule is COc1ccc(-n2cc(C(=O)O)c(=O)cc2C)cc1OC. The Morgan fingerprint density at radius 3 is 2.38 bits per heavy atom. The van der Waals surface area contributed by atoms with Crippen molar-refractivity contribution in [2.24, 2.45) is 0 Å². The second kappa shape index (κ2) is 5.70. The lowest BCUT2D eigenvalue weighted by Gasteiger charge is -2.14. The number of hydrogen-bond donors (Lipinski definition) is 1. The van der Waals surface area contributed by atoms with Gasteiger partial charge in [0.1, 0.15) is 5.56 Å². The van der Waals surface area contributed by atoms with Gasteiger partial charge in [0.2, 0.25) is 0 Å². The highest BCUT2D eigenvalue weighted by Crippen LogP contribution is 2.29. The number of hydrogen-bond acceptors (Lipinski definition) is 4. The van der Waals surface area contributed by atoms with Crippen LogP contribution in [0.1, 0.15) is 16.1 Å². The average molecular weight is 289 g/mol. The maximum absolute atomic E-state index is 11.6. The fraction of sp³-hybridized carbons (Fsp3) is 0.200. The first-order valence-electron chi connectivity index (χ1n) is 6.17. The zero-order chi connectivity index (χ0) is 15.6. The van der Waals surface area contributed by atoms with Gasteiger partial charge in [0.15, 0.2) is 16.9 Å². The highest BCUT2D eigenvalue weighted by atomic mass is 16.5. The van der Waals surface area contributed by atoms with Crippen molar-refractivity contribution < 1.29 is 19.4 Å². The Labute approximate surface area is 121 Å². The molecule has 0 aliphatic carbocycles. The number of pyridine rings is 1. The Hall–Kier alpha value is -2.76. The van der Waals surface area contributed by atoms with Gasteiger partial charge in [-0.2, -0.15) is 0 Å². The molecule has 1 aromatic heterocycles. The van der Waals surface area contributed by atoms with Crippen LogP contribution < -0.4 is 14.9 Å². The topological polar surface area (TPSA) is 77.8 Å². The van der Waals surface area contributed by atoms with Gasteiger partial charge < -0.3 is 19.1 Å². The number of aromatic nitrogens is 1. The summed E-state index contributed by atoms with van der Waals surface area (Å²) in [6.07, 6.45) is 1.31. The second-order valence-electron chi connectivity index (χ2n) is 4.41. The van der Waals surface area contributed by atoms with E-state index in [2.05, 4.69) is 0 Å². The molecule has 1 N–H and O–H groups in total. The van der Waals surface area contributed by atoms with Gasteiger partial charge in [-0.25, -0.2) is 4.79 Å². The van der Waals surface area contributed by atoms with Gasteiger partial charge in [0.05, 0.1) is 14.2 Å². The molecule has 0 saturated heterocycles. The summed E-state index contributed by atoms with van der Waals surface area (Å²) in [7, 11) is 3.05. The minimum Gasteiger partial charge on any atom is -0.493 e. The molecule has 2 rings (SSSR count). The highest BCUT2D eigenvalue weighted by Gasteiger charge is 2.13. The van der Waals surface area contributed by atoms with Gasteiger partial charge in [0.25, 0.3) is 0 Å². The van der Waals surface area contributed by atoms with Crippen molar-refractivity contribution in [3.63, 3.8) is 0 Å². The molecule has 0 amide bonds. The number of benzene rings is 1. The van der Waals surface area contributed by atoms with Crippen molar-refractivity contribution in [3.8, 4) is 17.2 Å². The molecule has 0 atom stereocenters. The third-order valence-electron chi connectivity index (χ3n) is 3.12. The van der Waals surface area contributed by atoms with Crippen LogP contribution in [0.15, 0.2) is 35.3 Å².